The number of anilines is 1. The van der Waals surface area contributed by atoms with Crippen LogP contribution in [-0.4, -0.2) is 16.8 Å². The summed E-state index contributed by atoms with van der Waals surface area (Å²) in [5.41, 5.74) is 1.50. The Morgan fingerprint density at radius 2 is 1.88 bits per heavy atom. The van der Waals surface area contributed by atoms with Crippen molar-refractivity contribution in [1.82, 2.24) is 10.3 Å². The Morgan fingerprint density at radius 3 is 2.60 bits per heavy atom. The van der Waals surface area contributed by atoms with Crippen LogP contribution < -0.4 is 10.6 Å². The van der Waals surface area contributed by atoms with Crippen LogP contribution >= 0.6 is 27.3 Å². The maximum absolute atomic E-state index is 12.3. The van der Waals surface area contributed by atoms with Gasteiger partial charge in [0.1, 0.15) is 0 Å². The number of pyridine rings is 1. The number of hydrogen-bond donors (Lipinski definition) is 2. The molecule has 0 unspecified atom stereocenters. The summed E-state index contributed by atoms with van der Waals surface area (Å²) in [7, 11) is 0. The van der Waals surface area contributed by atoms with E-state index in [0.717, 1.165) is 8.66 Å². The minimum atomic E-state index is -0.269. The summed E-state index contributed by atoms with van der Waals surface area (Å²) < 4.78 is 1.02. The summed E-state index contributed by atoms with van der Waals surface area (Å²) >= 11 is 4.97. The van der Waals surface area contributed by atoms with E-state index >= 15 is 0 Å². The van der Waals surface area contributed by atoms with Crippen LogP contribution in [0, 0.1) is 0 Å². The predicted molar refractivity (Wildman–Crippen MR) is 102 cm³/mol. The third-order valence-electron chi connectivity index (χ3n) is 3.36. The number of thiophene rings is 1. The highest BCUT2D eigenvalue weighted by Crippen LogP contribution is 2.22. The molecule has 3 aromatic rings. The third-order valence-corrected chi connectivity index (χ3v) is 4.98. The molecule has 2 aromatic heterocycles. The van der Waals surface area contributed by atoms with E-state index in [1.54, 1.807) is 53.9 Å². The van der Waals surface area contributed by atoms with Gasteiger partial charge in [0.15, 0.2) is 0 Å². The molecule has 0 radical (unpaired) electrons. The van der Waals surface area contributed by atoms with Gasteiger partial charge in [0.25, 0.3) is 11.8 Å². The fourth-order valence-electron chi connectivity index (χ4n) is 2.15. The first-order valence-electron chi connectivity index (χ1n) is 7.46. The first-order valence-corrected chi connectivity index (χ1v) is 9.06. The minimum Gasteiger partial charge on any atom is -0.347 e. The average molecular weight is 416 g/mol. The van der Waals surface area contributed by atoms with Crippen LogP contribution in [0.25, 0.3) is 0 Å². The molecule has 5 nitrogen and oxygen atoms in total. The molecule has 0 atom stereocenters. The molecule has 0 fully saturated rings. The first kappa shape index (κ1) is 17.3. The summed E-state index contributed by atoms with van der Waals surface area (Å²) in [6.45, 7) is 0.460. The molecule has 0 aliphatic carbocycles. The number of carbonyl (C=O) groups excluding carboxylic acids is 2. The molecule has 2 amide bonds. The summed E-state index contributed by atoms with van der Waals surface area (Å²) in [6, 6.07) is 14.1. The van der Waals surface area contributed by atoms with E-state index in [0.29, 0.717) is 23.4 Å². The summed E-state index contributed by atoms with van der Waals surface area (Å²) in [5.74, 6) is -0.462. The minimum absolute atomic E-state index is 0.193. The first-order chi connectivity index (χ1) is 12.1. The van der Waals surface area contributed by atoms with Gasteiger partial charge < -0.3 is 10.6 Å². The zero-order valence-corrected chi connectivity index (χ0v) is 15.4. The molecule has 2 N–H and O–H groups in total. The SMILES string of the molecule is O=C(NCc1ccc(Br)s1)c1cccc(NC(=O)c2cccnc2)c1. The molecule has 7 heteroatoms. The highest BCUT2D eigenvalue weighted by atomic mass is 79.9. The van der Waals surface area contributed by atoms with E-state index in [2.05, 4.69) is 31.5 Å². The molecule has 0 spiro atoms. The van der Waals surface area contributed by atoms with Crippen molar-refractivity contribution in [2.45, 2.75) is 6.54 Å². The van der Waals surface area contributed by atoms with Gasteiger partial charge in [-0.05, 0) is 58.4 Å². The second kappa shape index (κ2) is 8.04. The molecule has 0 saturated heterocycles. The third kappa shape index (κ3) is 4.74. The second-order valence-electron chi connectivity index (χ2n) is 5.17. The fourth-order valence-corrected chi connectivity index (χ4v) is 3.58. The van der Waals surface area contributed by atoms with Gasteiger partial charge in [0, 0.05) is 28.5 Å². The molecule has 0 saturated carbocycles. The topological polar surface area (TPSA) is 71.1 Å². The Hall–Kier alpha value is -2.51. The van der Waals surface area contributed by atoms with Crippen molar-refractivity contribution in [3.8, 4) is 0 Å². The van der Waals surface area contributed by atoms with Crippen LogP contribution in [-0.2, 0) is 6.54 Å². The van der Waals surface area contributed by atoms with E-state index in [-0.39, 0.29) is 11.8 Å². The molecular weight excluding hydrogens is 402 g/mol. The Kier molecular flexibility index (Phi) is 5.57. The Morgan fingerprint density at radius 1 is 1.04 bits per heavy atom. The molecule has 2 heterocycles. The maximum Gasteiger partial charge on any atom is 0.257 e. The van der Waals surface area contributed by atoms with Crippen LogP contribution in [0.5, 0.6) is 0 Å². The quantitative estimate of drug-likeness (QED) is 0.658. The van der Waals surface area contributed by atoms with E-state index in [1.165, 1.54) is 6.20 Å². The van der Waals surface area contributed by atoms with Crippen molar-refractivity contribution >= 4 is 44.8 Å². The lowest BCUT2D eigenvalue weighted by molar-refractivity contribution is 0.0950. The number of nitrogens with one attached hydrogen (secondary N) is 2. The van der Waals surface area contributed by atoms with Gasteiger partial charge in [-0.15, -0.1) is 11.3 Å². The van der Waals surface area contributed by atoms with Gasteiger partial charge >= 0.3 is 0 Å². The lowest BCUT2D eigenvalue weighted by atomic mass is 10.1. The Balaban J connectivity index is 1.64. The van der Waals surface area contributed by atoms with Crippen LogP contribution in [0.15, 0.2) is 64.7 Å². The van der Waals surface area contributed by atoms with Gasteiger partial charge in [0.05, 0.1) is 15.9 Å². The highest BCUT2D eigenvalue weighted by Gasteiger charge is 2.10. The normalized spacial score (nSPS) is 10.3. The molecule has 126 valence electrons. The van der Waals surface area contributed by atoms with Crippen LogP contribution in [0.4, 0.5) is 5.69 Å². The largest absolute Gasteiger partial charge is 0.347 e. The monoisotopic (exact) mass is 415 g/mol. The molecule has 1 aromatic carbocycles. The Labute approximate surface area is 157 Å². The van der Waals surface area contributed by atoms with Gasteiger partial charge in [-0.25, -0.2) is 0 Å². The van der Waals surface area contributed by atoms with Crippen LogP contribution in [0.3, 0.4) is 0 Å². The van der Waals surface area contributed by atoms with Crippen molar-refractivity contribution in [1.29, 1.82) is 0 Å². The van der Waals surface area contributed by atoms with Crippen LogP contribution in [0.2, 0.25) is 0 Å². The second-order valence-corrected chi connectivity index (χ2v) is 7.71. The van der Waals surface area contributed by atoms with Gasteiger partial charge in [-0.3, -0.25) is 14.6 Å². The molecule has 3 rings (SSSR count). The fraction of sp³-hybridized carbons (Fsp3) is 0.0556. The number of halogens is 1. The van der Waals surface area contributed by atoms with E-state index in [9.17, 15) is 9.59 Å². The Bertz CT molecular complexity index is 896. The number of aromatic nitrogens is 1. The van der Waals surface area contributed by atoms with Gasteiger partial charge in [-0.1, -0.05) is 6.07 Å². The predicted octanol–water partition coefficient (Wildman–Crippen LogP) is 4.09. The van der Waals surface area contributed by atoms with E-state index in [1.807, 2.05) is 12.1 Å². The number of benzene rings is 1. The number of carbonyl (C=O) groups is 2. The average Bonchev–Trinajstić information content (AvgIpc) is 3.06. The van der Waals surface area contributed by atoms with Crippen LogP contribution in [0.1, 0.15) is 25.6 Å². The van der Waals surface area contributed by atoms with Gasteiger partial charge in [-0.2, -0.15) is 0 Å². The highest BCUT2D eigenvalue weighted by molar-refractivity contribution is 9.11. The molecule has 0 aliphatic rings. The number of amides is 2. The maximum atomic E-state index is 12.3. The number of rotatable bonds is 5. The zero-order chi connectivity index (χ0) is 17.6. The zero-order valence-electron chi connectivity index (χ0n) is 13.0. The van der Waals surface area contributed by atoms with E-state index in [4.69, 9.17) is 0 Å². The number of hydrogen-bond acceptors (Lipinski definition) is 4. The molecular formula is C18H14BrN3O2S. The van der Waals surface area contributed by atoms with E-state index < -0.39 is 0 Å². The molecule has 0 bridgehead atoms. The van der Waals surface area contributed by atoms with Crippen molar-refractivity contribution in [3.63, 3.8) is 0 Å². The molecule has 0 aliphatic heterocycles. The molecule has 25 heavy (non-hydrogen) atoms. The van der Waals surface area contributed by atoms with Crippen molar-refractivity contribution in [2.75, 3.05) is 5.32 Å². The summed E-state index contributed by atoms with van der Waals surface area (Å²) in [4.78, 5) is 29.4. The van der Waals surface area contributed by atoms with Crippen molar-refractivity contribution in [2.24, 2.45) is 0 Å². The van der Waals surface area contributed by atoms with Crippen molar-refractivity contribution < 1.29 is 9.59 Å². The summed E-state index contributed by atoms with van der Waals surface area (Å²) in [6.07, 6.45) is 3.10. The standard InChI is InChI=1S/C18H14BrN3O2S/c19-16-7-6-15(25-16)11-21-17(23)12-3-1-5-14(9-12)22-18(24)13-4-2-8-20-10-13/h1-10H,11H2,(H,21,23)(H,22,24). The smallest absolute Gasteiger partial charge is 0.257 e. The number of nitrogens with zero attached hydrogens (tertiary/aromatic N) is 1. The van der Waals surface area contributed by atoms with Gasteiger partial charge in [0.2, 0.25) is 0 Å². The summed E-state index contributed by atoms with van der Waals surface area (Å²) in [5, 5.41) is 5.64. The van der Waals surface area contributed by atoms with Crippen molar-refractivity contribution in [3.05, 3.63) is 80.7 Å². The lowest BCUT2D eigenvalue weighted by Gasteiger charge is -2.08. The lowest BCUT2D eigenvalue weighted by Crippen LogP contribution is -2.22.